The number of methoxy groups -OCH3 is 3. The van der Waals surface area contributed by atoms with Crippen molar-refractivity contribution in [3.63, 3.8) is 0 Å². The maximum atomic E-state index is 5.71. The number of hydrogen-bond donors (Lipinski definition) is 0. The molecule has 0 spiro atoms. The van der Waals surface area contributed by atoms with E-state index in [-0.39, 0.29) is 0 Å². The molecule has 0 saturated heterocycles. The van der Waals surface area contributed by atoms with Crippen molar-refractivity contribution in [1.29, 1.82) is 0 Å². The van der Waals surface area contributed by atoms with Gasteiger partial charge in [0.1, 0.15) is 5.75 Å². The quantitative estimate of drug-likeness (QED) is 0.201. The first-order chi connectivity index (χ1) is 18.6. The summed E-state index contributed by atoms with van der Waals surface area (Å²) in [6.45, 7) is 6.48. The smallest absolute Gasteiger partial charge is 0.163 e. The van der Waals surface area contributed by atoms with Crippen LogP contribution in [0.3, 0.4) is 0 Å². The van der Waals surface area contributed by atoms with Gasteiger partial charge in [-0.15, -0.1) is 0 Å². The van der Waals surface area contributed by atoms with Gasteiger partial charge in [0.05, 0.1) is 21.3 Å². The van der Waals surface area contributed by atoms with E-state index >= 15 is 0 Å². The number of aryl methyl sites for hydroxylation is 3. The lowest BCUT2D eigenvalue weighted by molar-refractivity contribution is 0.352. The standard InChI is InChI=1S/C35H38O3/c1-7-26-20-24(21-27(8-2)34(26)37-5)16-18-30-14-10-12-29-13-11-15-31(33(29)30)19-17-25-22-28(9-3)35(38-6)32(23-25)36-4/h10-23H,7-9H2,1-6H3/b18-16+,19-17+. The second kappa shape index (κ2) is 12.5. The minimum absolute atomic E-state index is 0.755. The molecule has 0 fully saturated rings. The summed E-state index contributed by atoms with van der Waals surface area (Å²) < 4.78 is 16.9. The van der Waals surface area contributed by atoms with Gasteiger partial charge in [-0.25, -0.2) is 0 Å². The molecule has 0 atom stereocenters. The van der Waals surface area contributed by atoms with Crippen LogP contribution in [0.5, 0.6) is 17.2 Å². The molecule has 3 nitrogen and oxygen atoms in total. The molecule has 0 heterocycles. The van der Waals surface area contributed by atoms with Crippen molar-refractivity contribution in [2.45, 2.75) is 40.0 Å². The van der Waals surface area contributed by atoms with Crippen LogP contribution >= 0.6 is 0 Å². The molecule has 4 aromatic rings. The third-order valence-electron chi connectivity index (χ3n) is 7.07. The molecule has 0 bridgehead atoms. The molecule has 0 aliphatic carbocycles. The van der Waals surface area contributed by atoms with E-state index in [9.17, 15) is 0 Å². The maximum Gasteiger partial charge on any atom is 0.163 e. The second-order valence-corrected chi connectivity index (χ2v) is 9.31. The molecule has 0 N–H and O–H groups in total. The lowest BCUT2D eigenvalue weighted by Crippen LogP contribution is -1.97. The van der Waals surface area contributed by atoms with E-state index < -0.39 is 0 Å². The SMILES string of the molecule is CCc1cc(/C=C/c2cccc3cccc(/C=C/c4cc(CC)c(OC)c(OC)c4)c23)cc(CC)c1OC. The number of hydrogen-bond acceptors (Lipinski definition) is 3. The summed E-state index contributed by atoms with van der Waals surface area (Å²) in [5.74, 6) is 2.58. The summed E-state index contributed by atoms with van der Waals surface area (Å²) >= 11 is 0. The molecule has 0 saturated carbocycles. The van der Waals surface area contributed by atoms with Crippen molar-refractivity contribution in [2.24, 2.45) is 0 Å². The summed E-state index contributed by atoms with van der Waals surface area (Å²) in [6, 6.07) is 21.6. The van der Waals surface area contributed by atoms with Crippen molar-refractivity contribution < 1.29 is 14.2 Å². The zero-order chi connectivity index (χ0) is 27.1. The van der Waals surface area contributed by atoms with Crippen LogP contribution < -0.4 is 14.2 Å². The van der Waals surface area contributed by atoms with Crippen molar-refractivity contribution >= 4 is 35.1 Å². The predicted octanol–water partition coefficient (Wildman–Crippen LogP) is 8.89. The molecule has 38 heavy (non-hydrogen) atoms. The fourth-order valence-electron chi connectivity index (χ4n) is 5.14. The molecule has 0 aliphatic heterocycles. The first-order valence-corrected chi connectivity index (χ1v) is 13.4. The highest BCUT2D eigenvalue weighted by Gasteiger charge is 2.11. The summed E-state index contributed by atoms with van der Waals surface area (Å²) in [7, 11) is 5.14. The maximum absolute atomic E-state index is 5.71. The van der Waals surface area contributed by atoms with Gasteiger partial charge in [0.2, 0.25) is 0 Å². The van der Waals surface area contributed by atoms with Crippen LogP contribution in [0, 0.1) is 0 Å². The molecule has 196 valence electrons. The third-order valence-corrected chi connectivity index (χ3v) is 7.07. The Morgan fingerprint density at radius 3 is 1.47 bits per heavy atom. The van der Waals surface area contributed by atoms with Crippen LogP contribution in [-0.2, 0) is 19.3 Å². The van der Waals surface area contributed by atoms with E-state index in [1.165, 1.54) is 38.6 Å². The molecule has 0 amide bonds. The first kappa shape index (κ1) is 27.1. The normalized spacial score (nSPS) is 11.5. The molecule has 3 heteroatoms. The fourth-order valence-corrected chi connectivity index (χ4v) is 5.14. The Labute approximate surface area is 227 Å². The van der Waals surface area contributed by atoms with Crippen molar-refractivity contribution in [3.8, 4) is 17.2 Å². The van der Waals surface area contributed by atoms with Crippen LogP contribution in [0.4, 0.5) is 0 Å². The molecular formula is C35H38O3. The van der Waals surface area contributed by atoms with Gasteiger partial charge in [-0.3, -0.25) is 0 Å². The van der Waals surface area contributed by atoms with E-state index in [1.807, 2.05) is 6.07 Å². The van der Waals surface area contributed by atoms with E-state index in [0.29, 0.717) is 0 Å². The van der Waals surface area contributed by atoms with Gasteiger partial charge in [0, 0.05) is 0 Å². The van der Waals surface area contributed by atoms with Crippen LogP contribution in [0.15, 0.2) is 60.7 Å². The predicted molar refractivity (Wildman–Crippen MR) is 162 cm³/mol. The second-order valence-electron chi connectivity index (χ2n) is 9.31. The highest BCUT2D eigenvalue weighted by Crippen LogP contribution is 2.34. The van der Waals surface area contributed by atoms with Crippen LogP contribution in [0.1, 0.15) is 59.7 Å². The average Bonchev–Trinajstić information content (AvgIpc) is 2.97. The molecular weight excluding hydrogens is 468 g/mol. The zero-order valence-corrected chi connectivity index (χ0v) is 23.4. The fraction of sp³-hybridized carbons (Fsp3) is 0.257. The van der Waals surface area contributed by atoms with E-state index in [2.05, 4.69) is 99.7 Å². The van der Waals surface area contributed by atoms with Crippen LogP contribution in [-0.4, -0.2) is 21.3 Å². The van der Waals surface area contributed by atoms with Gasteiger partial charge in [0.25, 0.3) is 0 Å². The van der Waals surface area contributed by atoms with Gasteiger partial charge in [-0.2, -0.15) is 0 Å². The number of benzene rings is 4. The van der Waals surface area contributed by atoms with Gasteiger partial charge in [-0.1, -0.05) is 81.5 Å². The van der Waals surface area contributed by atoms with Crippen molar-refractivity contribution in [2.75, 3.05) is 21.3 Å². The minimum Gasteiger partial charge on any atom is -0.496 e. The lowest BCUT2D eigenvalue weighted by Gasteiger charge is -2.13. The topological polar surface area (TPSA) is 27.7 Å². The van der Waals surface area contributed by atoms with E-state index in [0.717, 1.165) is 47.6 Å². The highest BCUT2D eigenvalue weighted by molar-refractivity contribution is 6.00. The number of ether oxygens (including phenoxy) is 3. The molecule has 0 aliphatic rings. The molecule has 0 aromatic heterocycles. The highest BCUT2D eigenvalue weighted by atomic mass is 16.5. The largest absolute Gasteiger partial charge is 0.496 e. The summed E-state index contributed by atoms with van der Waals surface area (Å²) in [4.78, 5) is 0. The summed E-state index contributed by atoms with van der Waals surface area (Å²) in [6.07, 6.45) is 11.5. The summed E-state index contributed by atoms with van der Waals surface area (Å²) in [5.41, 5.74) is 8.27. The Balaban J connectivity index is 1.76. The van der Waals surface area contributed by atoms with Crippen LogP contribution in [0.2, 0.25) is 0 Å². The molecule has 4 aromatic carbocycles. The van der Waals surface area contributed by atoms with Crippen molar-refractivity contribution in [3.05, 3.63) is 99.6 Å². The molecule has 0 radical (unpaired) electrons. The van der Waals surface area contributed by atoms with E-state index in [1.54, 1.807) is 21.3 Å². The lowest BCUT2D eigenvalue weighted by atomic mass is 9.96. The molecule has 4 rings (SSSR count). The monoisotopic (exact) mass is 506 g/mol. The minimum atomic E-state index is 0.755. The Morgan fingerprint density at radius 2 is 1.03 bits per heavy atom. The van der Waals surface area contributed by atoms with E-state index in [4.69, 9.17) is 14.2 Å². The number of fused-ring (bicyclic) bond motifs is 1. The van der Waals surface area contributed by atoms with Crippen molar-refractivity contribution in [1.82, 2.24) is 0 Å². The Kier molecular flexibility index (Phi) is 8.91. The number of rotatable bonds is 10. The molecule has 0 unspecified atom stereocenters. The third kappa shape index (κ3) is 5.62. The van der Waals surface area contributed by atoms with Gasteiger partial charge >= 0.3 is 0 Å². The van der Waals surface area contributed by atoms with Gasteiger partial charge in [0.15, 0.2) is 11.5 Å². The van der Waals surface area contributed by atoms with Gasteiger partial charge < -0.3 is 14.2 Å². The Hall–Kier alpha value is -3.98. The first-order valence-electron chi connectivity index (χ1n) is 13.4. The van der Waals surface area contributed by atoms with Gasteiger partial charge in [-0.05, 0) is 93.2 Å². The van der Waals surface area contributed by atoms with Crippen LogP contribution in [0.25, 0.3) is 35.1 Å². The zero-order valence-electron chi connectivity index (χ0n) is 23.4. The average molecular weight is 507 g/mol. The Bertz CT molecular complexity index is 1320. The summed E-state index contributed by atoms with van der Waals surface area (Å²) in [5, 5.41) is 2.45. The Morgan fingerprint density at radius 1 is 0.553 bits per heavy atom.